The number of amides is 6. The quantitative estimate of drug-likeness (QED) is 0.0520. The Balaban J connectivity index is 1.56. The molecule has 45 heavy (non-hydrogen) atoms. The van der Waals surface area contributed by atoms with E-state index in [1.54, 1.807) is 18.2 Å². The molecule has 0 spiro atoms. The number of para-hydroxylation sites is 1. The van der Waals surface area contributed by atoms with Gasteiger partial charge in [0.05, 0.1) is 12.2 Å². The minimum absolute atomic E-state index is 0.0256. The number of carbonyl (C=O) groups is 6. The number of aromatic hydroxyl groups is 1. The molecule has 2 aliphatic rings. The molecule has 1 saturated heterocycles. The second kappa shape index (κ2) is 16.9. The number of rotatable bonds is 16. The molecule has 0 saturated carbocycles. The van der Waals surface area contributed by atoms with Gasteiger partial charge >= 0.3 is 0 Å². The van der Waals surface area contributed by atoms with Gasteiger partial charge in [0.25, 0.3) is 5.91 Å². The topological polar surface area (TPSA) is 260 Å². The van der Waals surface area contributed by atoms with E-state index in [9.17, 15) is 49.4 Å². The number of hydrogen-bond acceptors (Lipinski definition) is 12. The molecule has 1 aromatic rings. The van der Waals surface area contributed by atoms with Crippen molar-refractivity contribution in [2.45, 2.75) is 56.3 Å². The molecule has 1 fully saturated rings. The van der Waals surface area contributed by atoms with Crippen molar-refractivity contribution < 1.29 is 54.1 Å². The largest absolute Gasteiger partial charge is 0.507 e. The van der Waals surface area contributed by atoms with Gasteiger partial charge in [-0.2, -0.15) is 0 Å². The predicted molar refractivity (Wildman–Crippen MR) is 151 cm³/mol. The summed E-state index contributed by atoms with van der Waals surface area (Å²) in [4.78, 5) is 77.8. The van der Waals surface area contributed by atoms with Crippen molar-refractivity contribution >= 4 is 41.8 Å². The molecule has 6 amide bonds. The van der Waals surface area contributed by atoms with Crippen molar-refractivity contribution in [3.8, 4) is 5.75 Å². The summed E-state index contributed by atoms with van der Waals surface area (Å²) in [6.45, 7) is -1.20. The summed E-state index contributed by atoms with van der Waals surface area (Å²) in [7, 11) is 0. The summed E-state index contributed by atoms with van der Waals surface area (Å²) in [6, 6.07) is 1.48. The zero-order valence-corrected chi connectivity index (χ0v) is 24.3. The molecule has 8 N–H and O–H groups in total. The number of carbonyl (C=O) groups excluding carboxylic acids is 6. The monoisotopic (exact) mass is 635 g/mol. The summed E-state index contributed by atoms with van der Waals surface area (Å²) in [5.41, 5.74) is 0.269. The molecule has 0 radical (unpaired) electrons. The molecule has 2 heterocycles. The highest BCUT2D eigenvalue weighted by atomic mass is 16.5. The van der Waals surface area contributed by atoms with Crippen LogP contribution < -0.4 is 21.3 Å². The predicted octanol–water partition coefficient (Wildman–Crippen LogP) is -2.87. The maximum Gasteiger partial charge on any atom is 0.268 e. The number of aliphatic hydroxyl groups is 1. The van der Waals surface area contributed by atoms with Crippen molar-refractivity contribution in [1.29, 1.82) is 0 Å². The van der Waals surface area contributed by atoms with Crippen LogP contribution in [0.5, 0.6) is 5.75 Å². The highest BCUT2D eigenvalue weighted by molar-refractivity contribution is 6.01. The van der Waals surface area contributed by atoms with E-state index >= 15 is 0 Å². The number of ether oxygens (including phenoxy) is 1. The Bertz CT molecular complexity index is 1280. The molecular formula is C27H37N7O11. The van der Waals surface area contributed by atoms with Gasteiger partial charge in [-0.25, -0.2) is 15.1 Å². The normalized spacial score (nSPS) is 19.0. The van der Waals surface area contributed by atoms with Crippen LogP contribution in [0, 0.1) is 0 Å². The summed E-state index contributed by atoms with van der Waals surface area (Å²) >= 11 is 0. The molecule has 0 aliphatic carbocycles. The van der Waals surface area contributed by atoms with Crippen LogP contribution in [0.25, 0.3) is 0 Å². The van der Waals surface area contributed by atoms with E-state index in [1.165, 1.54) is 6.07 Å². The molecule has 1 aromatic carbocycles. The van der Waals surface area contributed by atoms with Gasteiger partial charge in [-0.05, 0) is 37.8 Å². The van der Waals surface area contributed by atoms with Gasteiger partial charge in [-0.3, -0.25) is 39.2 Å². The molecule has 3 rings (SSSR count). The zero-order valence-electron chi connectivity index (χ0n) is 24.3. The van der Waals surface area contributed by atoms with E-state index in [0.717, 1.165) is 0 Å². The van der Waals surface area contributed by atoms with Crippen LogP contribution in [-0.2, 0) is 33.5 Å². The minimum atomic E-state index is -1.49. The van der Waals surface area contributed by atoms with E-state index < -0.39 is 60.3 Å². The second-order valence-corrected chi connectivity index (χ2v) is 10.3. The molecule has 4 atom stereocenters. The molecule has 0 unspecified atom stereocenters. The van der Waals surface area contributed by atoms with Crippen LogP contribution in [0.2, 0.25) is 0 Å². The summed E-state index contributed by atoms with van der Waals surface area (Å²) in [5.74, 6) is -3.69. The molecular weight excluding hydrogens is 598 g/mol. The smallest absolute Gasteiger partial charge is 0.268 e. The van der Waals surface area contributed by atoms with Gasteiger partial charge in [0, 0.05) is 26.1 Å². The van der Waals surface area contributed by atoms with Crippen molar-refractivity contribution in [3.63, 3.8) is 0 Å². The average Bonchev–Trinajstić information content (AvgIpc) is 3.51. The van der Waals surface area contributed by atoms with Gasteiger partial charge in [-0.1, -0.05) is 12.1 Å². The molecule has 2 aliphatic heterocycles. The lowest BCUT2D eigenvalue weighted by molar-refractivity contribution is -0.173. The first-order valence-corrected chi connectivity index (χ1v) is 14.2. The number of piperidine rings is 1. The first-order valence-electron chi connectivity index (χ1n) is 14.2. The van der Waals surface area contributed by atoms with E-state index in [1.807, 2.05) is 0 Å². The maximum atomic E-state index is 13.0. The Hall–Kier alpha value is -4.81. The van der Waals surface area contributed by atoms with E-state index in [2.05, 4.69) is 26.3 Å². The number of hydroxylamine groups is 4. The lowest BCUT2D eigenvalue weighted by Crippen LogP contribution is -2.56. The number of hydrogen-bond donors (Lipinski definition) is 8. The Morgan fingerprint density at radius 1 is 1.16 bits per heavy atom. The van der Waals surface area contributed by atoms with Crippen molar-refractivity contribution in [2.24, 2.45) is 4.99 Å². The Morgan fingerprint density at radius 2 is 1.91 bits per heavy atom. The van der Waals surface area contributed by atoms with Crippen molar-refractivity contribution in [2.75, 3.05) is 32.8 Å². The van der Waals surface area contributed by atoms with Crippen LogP contribution in [0.4, 0.5) is 0 Å². The summed E-state index contributed by atoms with van der Waals surface area (Å²) in [6.07, 6.45) is 0.779. The first-order chi connectivity index (χ1) is 21.5. The number of aliphatic imine (C=N–C) groups is 1. The summed E-state index contributed by atoms with van der Waals surface area (Å²) < 4.78 is 5.41. The average molecular weight is 636 g/mol. The number of nitrogens with one attached hydrogen (secondary N) is 4. The Kier molecular flexibility index (Phi) is 13.0. The van der Waals surface area contributed by atoms with E-state index in [0.29, 0.717) is 23.0 Å². The lowest BCUT2D eigenvalue weighted by atomic mass is 10.1. The minimum Gasteiger partial charge on any atom is -0.507 e. The number of phenolic OH excluding ortho intramolecular Hbond substituents is 1. The SMILES string of the molecule is O=CN(O)CCC[C@@H](NC(=O)[C@@H](CO)NC(=O)[C@@H]1COC(c2ccccc2O)=N1)C(=O)NCCC(=O)N[C@@H]1CCCN(O)C1=O. The third kappa shape index (κ3) is 10.1. The van der Waals surface area contributed by atoms with Crippen LogP contribution in [0.3, 0.4) is 0 Å². The Labute approximate surface area is 257 Å². The summed E-state index contributed by atoms with van der Waals surface area (Å²) in [5, 5.41) is 49.4. The molecule has 0 bridgehead atoms. The molecule has 0 aromatic heterocycles. The highest BCUT2D eigenvalue weighted by Gasteiger charge is 2.32. The standard InChI is InChI=1S/C27H37N7O11/c35-13-19(31-25(41)20-14-45-26(32-20)16-5-1-2-8-21(16)37)24(40)30-17(6-3-11-33(43)15-36)23(39)28-10-9-22(38)29-18-7-4-12-34(44)27(18)42/h1-2,5,8,15,17-20,35,37,43-44H,3-4,6-7,9-14H2,(H,28,39)(H,29,38)(H,30,40)(H,31,41)/t17-,18-,19-,20+/m1/s1. The van der Waals surface area contributed by atoms with Crippen molar-refractivity contribution in [1.82, 2.24) is 31.4 Å². The number of phenols is 1. The number of nitrogens with zero attached hydrogens (tertiary/aromatic N) is 3. The van der Waals surface area contributed by atoms with E-state index in [-0.39, 0.29) is 69.1 Å². The van der Waals surface area contributed by atoms with E-state index in [4.69, 9.17) is 4.74 Å². The highest BCUT2D eigenvalue weighted by Crippen LogP contribution is 2.21. The molecule has 18 heteroatoms. The fourth-order valence-electron chi connectivity index (χ4n) is 4.50. The molecule has 246 valence electrons. The van der Waals surface area contributed by atoms with Gasteiger partial charge in [0.15, 0.2) is 6.04 Å². The van der Waals surface area contributed by atoms with Crippen LogP contribution in [0.1, 0.15) is 37.7 Å². The first kappa shape index (κ1) is 34.7. The van der Waals surface area contributed by atoms with Crippen molar-refractivity contribution in [3.05, 3.63) is 29.8 Å². The third-order valence-corrected chi connectivity index (χ3v) is 6.94. The maximum absolute atomic E-state index is 13.0. The lowest BCUT2D eigenvalue weighted by Gasteiger charge is -2.27. The zero-order chi connectivity index (χ0) is 32.9. The number of benzene rings is 1. The fourth-order valence-corrected chi connectivity index (χ4v) is 4.50. The van der Waals surface area contributed by atoms with Crippen LogP contribution >= 0.6 is 0 Å². The van der Waals surface area contributed by atoms with Crippen LogP contribution in [-0.4, -0.2) is 130 Å². The fraction of sp³-hybridized carbons (Fsp3) is 0.519. The van der Waals surface area contributed by atoms with Gasteiger partial charge in [0.2, 0.25) is 35.9 Å². The van der Waals surface area contributed by atoms with Crippen LogP contribution in [0.15, 0.2) is 29.3 Å². The van der Waals surface area contributed by atoms with Gasteiger partial charge < -0.3 is 36.2 Å². The van der Waals surface area contributed by atoms with Gasteiger partial charge in [-0.15, -0.1) is 0 Å². The second-order valence-electron chi connectivity index (χ2n) is 10.3. The Morgan fingerprint density at radius 3 is 2.62 bits per heavy atom. The molecule has 18 nitrogen and oxygen atoms in total. The third-order valence-electron chi connectivity index (χ3n) is 6.94. The number of aliphatic hydroxyl groups excluding tert-OH is 1. The van der Waals surface area contributed by atoms with Gasteiger partial charge in [0.1, 0.15) is 30.5 Å².